The van der Waals surface area contributed by atoms with Crippen LogP contribution in [0.4, 0.5) is 0 Å². The third kappa shape index (κ3) is 9.55. The van der Waals surface area contributed by atoms with Crippen molar-refractivity contribution in [3.63, 3.8) is 0 Å². The van der Waals surface area contributed by atoms with Crippen LogP contribution >= 0.6 is 0 Å². The molecular formula is C38H46N4Sn. The van der Waals surface area contributed by atoms with Crippen molar-refractivity contribution < 1.29 is 0 Å². The maximum Gasteiger partial charge on any atom is 0.0935 e. The number of benzene rings is 3. The summed E-state index contributed by atoms with van der Waals surface area (Å²) < 4.78 is 6.04. The van der Waals surface area contributed by atoms with E-state index in [-0.39, 0.29) is 0 Å². The van der Waals surface area contributed by atoms with Crippen LogP contribution in [-0.2, 0) is 0 Å². The Bertz CT molecular complexity index is 1400. The smallest absolute Gasteiger partial charge is 0.0935 e. The molecule has 0 bridgehead atoms. The standard InChI is InChI=1S/C16H12N2.C10H7N2.3C4H9.Sn/c1-3-7-13(8-4-1)15-11-16(18-17-12-15)14-9-5-2-6-10-14;1-2-5-9(6-3-1)10-7-4-8-11-12-10;3*1-3-4-2;/h1-12H;1-3,5-8H;3*1,3-4H2,2H3;. The van der Waals surface area contributed by atoms with Crippen molar-refractivity contribution >= 4 is 22.0 Å². The Morgan fingerprint density at radius 3 is 1.35 bits per heavy atom. The summed E-state index contributed by atoms with van der Waals surface area (Å²) in [5.74, 6) is 0. The molecule has 5 aromatic rings. The molecule has 2 aromatic heterocycles. The summed E-state index contributed by atoms with van der Waals surface area (Å²) in [5.41, 5.74) is 6.48. The third-order valence-corrected chi connectivity index (χ3v) is 23.7. The van der Waals surface area contributed by atoms with Crippen LogP contribution in [0.2, 0.25) is 13.3 Å². The van der Waals surface area contributed by atoms with E-state index in [0.717, 1.165) is 28.1 Å². The van der Waals surface area contributed by atoms with Gasteiger partial charge in [0.2, 0.25) is 0 Å². The Labute approximate surface area is 262 Å². The number of hydrogen-bond donors (Lipinski definition) is 0. The molecule has 0 N–H and O–H groups in total. The molecule has 0 aliphatic rings. The zero-order valence-corrected chi connectivity index (χ0v) is 29.0. The van der Waals surface area contributed by atoms with Crippen molar-refractivity contribution in [2.24, 2.45) is 0 Å². The van der Waals surface area contributed by atoms with Crippen LogP contribution < -0.4 is 3.58 Å². The first kappa shape index (κ1) is 32.5. The minimum absolute atomic E-state index is 0.900. The van der Waals surface area contributed by atoms with Crippen molar-refractivity contribution in [1.29, 1.82) is 0 Å². The molecule has 3 aromatic carbocycles. The van der Waals surface area contributed by atoms with Crippen LogP contribution in [-0.4, -0.2) is 38.8 Å². The third-order valence-electron chi connectivity index (χ3n) is 8.19. The molecule has 0 radical (unpaired) electrons. The Hall–Kier alpha value is -3.38. The molecule has 222 valence electrons. The first-order valence-electron chi connectivity index (χ1n) is 16.0. The first-order chi connectivity index (χ1) is 21.2. The molecule has 0 saturated carbocycles. The second-order valence-electron chi connectivity index (χ2n) is 11.3. The van der Waals surface area contributed by atoms with Gasteiger partial charge in [0.25, 0.3) is 0 Å². The Kier molecular flexibility index (Phi) is 13.4. The van der Waals surface area contributed by atoms with E-state index in [1.54, 1.807) is 9.78 Å². The van der Waals surface area contributed by atoms with Crippen LogP contribution in [0, 0.1) is 0 Å². The second-order valence-corrected chi connectivity index (χ2v) is 24.6. The van der Waals surface area contributed by atoms with Crippen molar-refractivity contribution in [2.75, 3.05) is 0 Å². The molecular weight excluding hydrogens is 631 g/mol. The van der Waals surface area contributed by atoms with Gasteiger partial charge in [-0.3, -0.25) is 0 Å². The summed E-state index contributed by atoms with van der Waals surface area (Å²) >= 11 is -2.41. The molecule has 0 amide bonds. The molecule has 0 spiro atoms. The normalized spacial score (nSPS) is 11.0. The molecule has 0 saturated heterocycles. The summed E-state index contributed by atoms with van der Waals surface area (Å²) in [7, 11) is 0. The van der Waals surface area contributed by atoms with Gasteiger partial charge in [0, 0.05) is 11.1 Å². The average Bonchev–Trinajstić information content (AvgIpc) is 3.10. The number of hydrogen-bond acceptors (Lipinski definition) is 4. The molecule has 4 nitrogen and oxygen atoms in total. The van der Waals surface area contributed by atoms with Gasteiger partial charge in [-0.1, -0.05) is 60.7 Å². The number of nitrogens with zero attached hydrogens (tertiary/aromatic N) is 4. The predicted molar refractivity (Wildman–Crippen MR) is 185 cm³/mol. The van der Waals surface area contributed by atoms with E-state index >= 15 is 0 Å². The average molecular weight is 678 g/mol. The van der Waals surface area contributed by atoms with Gasteiger partial charge in [0.15, 0.2) is 0 Å². The van der Waals surface area contributed by atoms with E-state index in [1.165, 1.54) is 57.4 Å². The Balaban J connectivity index is 0.000000206. The van der Waals surface area contributed by atoms with Gasteiger partial charge in [-0.05, 0) is 11.6 Å². The molecule has 5 rings (SSSR count). The van der Waals surface area contributed by atoms with E-state index in [0.29, 0.717) is 0 Å². The molecule has 2 heterocycles. The Morgan fingerprint density at radius 1 is 0.465 bits per heavy atom. The largest absolute Gasteiger partial charge is 0.158 e. The van der Waals surface area contributed by atoms with Gasteiger partial charge in [-0.2, -0.15) is 10.2 Å². The van der Waals surface area contributed by atoms with Crippen LogP contribution in [0.5, 0.6) is 0 Å². The summed E-state index contributed by atoms with van der Waals surface area (Å²) in [6.45, 7) is 6.99. The van der Waals surface area contributed by atoms with E-state index in [9.17, 15) is 0 Å². The van der Waals surface area contributed by atoms with E-state index < -0.39 is 18.4 Å². The summed E-state index contributed by atoms with van der Waals surface area (Å²) in [5, 5.41) is 17.2. The fraction of sp³-hybridized carbons (Fsp3) is 0.316. The van der Waals surface area contributed by atoms with Crippen LogP contribution in [0.3, 0.4) is 0 Å². The molecule has 5 heteroatoms. The number of unbranched alkanes of at least 4 members (excludes halogenated alkanes) is 3. The molecule has 0 aliphatic carbocycles. The van der Waals surface area contributed by atoms with Crippen molar-refractivity contribution in [3.8, 4) is 33.6 Å². The van der Waals surface area contributed by atoms with Crippen molar-refractivity contribution in [3.05, 3.63) is 116 Å². The summed E-state index contributed by atoms with van der Waals surface area (Å²) in [6.07, 6.45) is 12.0. The fourth-order valence-electron chi connectivity index (χ4n) is 5.67. The number of aromatic nitrogens is 4. The minimum atomic E-state index is -2.41. The van der Waals surface area contributed by atoms with Gasteiger partial charge in [-0.25, -0.2) is 0 Å². The van der Waals surface area contributed by atoms with Gasteiger partial charge < -0.3 is 0 Å². The molecule has 0 fully saturated rings. The van der Waals surface area contributed by atoms with Gasteiger partial charge in [0.05, 0.1) is 11.9 Å². The van der Waals surface area contributed by atoms with E-state index in [1.807, 2.05) is 48.5 Å². The SMILES string of the molecule is CCC[CH2][Sn]([CH2]CCC)([CH2]CCC)[c]1cnnc(-c2ccccc2)c1.c1ccc(-c2cnnc(-c3ccccc3)c2)cc1. The molecule has 43 heavy (non-hydrogen) atoms. The number of rotatable bonds is 13. The summed E-state index contributed by atoms with van der Waals surface area (Å²) in [4.78, 5) is 0. The van der Waals surface area contributed by atoms with Crippen LogP contribution in [0.1, 0.15) is 59.3 Å². The quantitative estimate of drug-likeness (QED) is 0.117. The van der Waals surface area contributed by atoms with Crippen molar-refractivity contribution in [1.82, 2.24) is 20.4 Å². The van der Waals surface area contributed by atoms with Gasteiger partial charge in [0.1, 0.15) is 0 Å². The molecule has 0 atom stereocenters. The van der Waals surface area contributed by atoms with Crippen LogP contribution in [0.15, 0.2) is 116 Å². The van der Waals surface area contributed by atoms with Crippen LogP contribution in [0.25, 0.3) is 33.6 Å². The molecule has 0 unspecified atom stereocenters. The summed E-state index contributed by atoms with van der Waals surface area (Å²) in [6, 6.07) is 35.3. The predicted octanol–water partition coefficient (Wildman–Crippen LogP) is 10.0. The Morgan fingerprint density at radius 2 is 0.884 bits per heavy atom. The van der Waals surface area contributed by atoms with E-state index in [2.05, 4.69) is 102 Å². The molecule has 0 aliphatic heterocycles. The maximum atomic E-state index is 4.45. The monoisotopic (exact) mass is 678 g/mol. The topological polar surface area (TPSA) is 51.6 Å². The maximum absolute atomic E-state index is 4.45. The zero-order chi connectivity index (χ0) is 30.2. The van der Waals surface area contributed by atoms with Crippen molar-refractivity contribution in [2.45, 2.75) is 72.6 Å². The zero-order valence-electron chi connectivity index (χ0n) is 26.1. The van der Waals surface area contributed by atoms with Gasteiger partial charge in [-0.15, -0.1) is 0 Å². The van der Waals surface area contributed by atoms with E-state index in [4.69, 9.17) is 0 Å². The fourth-order valence-corrected chi connectivity index (χ4v) is 21.3. The van der Waals surface area contributed by atoms with Gasteiger partial charge >= 0.3 is 159 Å². The second kappa shape index (κ2) is 17.7. The minimum Gasteiger partial charge on any atom is -0.158 e. The first-order valence-corrected chi connectivity index (χ1v) is 23.5.